The van der Waals surface area contributed by atoms with Gasteiger partial charge < -0.3 is 10.2 Å². The van der Waals surface area contributed by atoms with Gasteiger partial charge in [-0.2, -0.15) is 4.68 Å². The zero-order valence-electron chi connectivity index (χ0n) is 10.8. The SMILES string of the molecule is Cc1cc(C)cc(-n2nnc(-c3ccco3)c2N)c1. The lowest BCUT2D eigenvalue weighted by atomic mass is 10.1. The highest BCUT2D eigenvalue weighted by molar-refractivity contribution is 5.66. The maximum atomic E-state index is 6.10. The molecule has 2 N–H and O–H groups in total. The lowest BCUT2D eigenvalue weighted by Gasteiger charge is -2.06. The number of nitrogens with two attached hydrogens (primary N) is 1. The fourth-order valence-corrected chi connectivity index (χ4v) is 2.14. The summed E-state index contributed by atoms with van der Waals surface area (Å²) >= 11 is 0. The summed E-state index contributed by atoms with van der Waals surface area (Å²) in [5.41, 5.74) is 9.88. The van der Waals surface area contributed by atoms with Crippen LogP contribution in [0.5, 0.6) is 0 Å². The van der Waals surface area contributed by atoms with E-state index in [4.69, 9.17) is 10.2 Å². The average molecular weight is 254 g/mol. The number of hydrogen-bond donors (Lipinski definition) is 1. The van der Waals surface area contributed by atoms with E-state index < -0.39 is 0 Å². The van der Waals surface area contributed by atoms with Crippen molar-refractivity contribution in [3.63, 3.8) is 0 Å². The first-order chi connectivity index (χ1) is 9.15. The molecule has 0 radical (unpaired) electrons. The maximum absolute atomic E-state index is 6.10. The minimum absolute atomic E-state index is 0.472. The van der Waals surface area contributed by atoms with Crippen molar-refractivity contribution in [1.29, 1.82) is 0 Å². The molecule has 0 aliphatic carbocycles. The molecular weight excluding hydrogens is 240 g/mol. The Bertz CT molecular complexity index is 693. The molecule has 0 spiro atoms. The quantitative estimate of drug-likeness (QED) is 0.763. The highest BCUT2D eigenvalue weighted by atomic mass is 16.3. The summed E-state index contributed by atoms with van der Waals surface area (Å²) in [5.74, 6) is 1.09. The first kappa shape index (κ1) is 11.5. The van der Waals surface area contributed by atoms with Crippen LogP contribution in [-0.2, 0) is 0 Å². The molecule has 2 aromatic heterocycles. The van der Waals surface area contributed by atoms with Gasteiger partial charge >= 0.3 is 0 Å². The Kier molecular flexibility index (Phi) is 2.59. The molecular formula is C14H14N4O. The third-order valence-corrected chi connectivity index (χ3v) is 2.91. The third kappa shape index (κ3) is 1.99. The van der Waals surface area contributed by atoms with E-state index in [1.165, 1.54) is 0 Å². The van der Waals surface area contributed by atoms with Crippen LogP contribution in [-0.4, -0.2) is 15.0 Å². The molecule has 19 heavy (non-hydrogen) atoms. The van der Waals surface area contributed by atoms with Gasteiger partial charge in [-0.05, 0) is 49.2 Å². The molecule has 0 unspecified atom stereocenters. The van der Waals surface area contributed by atoms with Crippen molar-refractivity contribution in [3.05, 3.63) is 47.7 Å². The van der Waals surface area contributed by atoms with Crippen LogP contribution in [0, 0.1) is 13.8 Å². The predicted octanol–water partition coefficient (Wildman–Crippen LogP) is 2.73. The highest BCUT2D eigenvalue weighted by Crippen LogP contribution is 2.26. The van der Waals surface area contributed by atoms with Gasteiger partial charge in [0.1, 0.15) is 0 Å². The second-order valence-electron chi connectivity index (χ2n) is 4.56. The van der Waals surface area contributed by atoms with Crippen molar-refractivity contribution in [3.8, 4) is 17.1 Å². The summed E-state index contributed by atoms with van der Waals surface area (Å²) in [6.45, 7) is 4.08. The Hall–Kier alpha value is -2.56. The van der Waals surface area contributed by atoms with Crippen LogP contribution in [0.2, 0.25) is 0 Å². The predicted molar refractivity (Wildman–Crippen MR) is 72.9 cm³/mol. The molecule has 96 valence electrons. The van der Waals surface area contributed by atoms with Crippen molar-refractivity contribution in [1.82, 2.24) is 15.0 Å². The lowest BCUT2D eigenvalue weighted by molar-refractivity contribution is 0.580. The van der Waals surface area contributed by atoms with Gasteiger partial charge in [0, 0.05) is 0 Å². The Morgan fingerprint density at radius 2 is 1.89 bits per heavy atom. The number of nitrogens with zero attached hydrogens (tertiary/aromatic N) is 3. The van der Waals surface area contributed by atoms with Crippen molar-refractivity contribution in [2.24, 2.45) is 0 Å². The number of aromatic nitrogens is 3. The highest BCUT2D eigenvalue weighted by Gasteiger charge is 2.15. The first-order valence-corrected chi connectivity index (χ1v) is 5.99. The van der Waals surface area contributed by atoms with Crippen LogP contribution in [0.3, 0.4) is 0 Å². The Balaban J connectivity index is 2.12. The van der Waals surface area contributed by atoms with Gasteiger partial charge in [0.2, 0.25) is 0 Å². The summed E-state index contributed by atoms with van der Waals surface area (Å²) in [7, 11) is 0. The van der Waals surface area contributed by atoms with Crippen LogP contribution >= 0.6 is 0 Å². The summed E-state index contributed by atoms with van der Waals surface area (Å²) in [6, 6.07) is 9.74. The van der Waals surface area contributed by atoms with Gasteiger partial charge in [0.05, 0.1) is 12.0 Å². The number of hydrogen-bond acceptors (Lipinski definition) is 4. The molecule has 0 saturated carbocycles. The molecule has 0 fully saturated rings. The van der Waals surface area contributed by atoms with E-state index in [1.807, 2.05) is 32.0 Å². The largest absolute Gasteiger partial charge is 0.463 e. The average Bonchev–Trinajstić information content (AvgIpc) is 2.96. The van der Waals surface area contributed by atoms with Crippen molar-refractivity contribution >= 4 is 5.82 Å². The van der Waals surface area contributed by atoms with Crippen molar-refractivity contribution in [2.75, 3.05) is 5.73 Å². The second kappa shape index (κ2) is 4.28. The van der Waals surface area contributed by atoms with E-state index in [1.54, 1.807) is 17.0 Å². The maximum Gasteiger partial charge on any atom is 0.172 e. The van der Waals surface area contributed by atoms with E-state index >= 15 is 0 Å². The molecule has 3 aromatic rings. The molecule has 0 atom stereocenters. The van der Waals surface area contributed by atoms with Gasteiger partial charge in [-0.25, -0.2) is 0 Å². The van der Waals surface area contributed by atoms with Gasteiger partial charge in [0.25, 0.3) is 0 Å². The van der Waals surface area contributed by atoms with Gasteiger partial charge in [-0.1, -0.05) is 11.3 Å². The molecule has 0 saturated heterocycles. The van der Waals surface area contributed by atoms with Crippen molar-refractivity contribution < 1.29 is 4.42 Å². The minimum Gasteiger partial charge on any atom is -0.463 e. The number of nitrogen functional groups attached to an aromatic ring is 1. The Morgan fingerprint density at radius 1 is 1.16 bits per heavy atom. The first-order valence-electron chi connectivity index (χ1n) is 5.99. The van der Waals surface area contributed by atoms with Crippen LogP contribution in [0.25, 0.3) is 17.1 Å². The molecule has 0 aliphatic rings. The molecule has 0 amide bonds. The summed E-state index contributed by atoms with van der Waals surface area (Å²) in [6.07, 6.45) is 1.59. The smallest absolute Gasteiger partial charge is 0.172 e. The van der Waals surface area contributed by atoms with E-state index in [0.29, 0.717) is 17.3 Å². The number of furan rings is 1. The lowest BCUT2D eigenvalue weighted by Crippen LogP contribution is -2.03. The van der Waals surface area contributed by atoms with Crippen molar-refractivity contribution in [2.45, 2.75) is 13.8 Å². The standard InChI is InChI=1S/C14H14N4O/c1-9-6-10(2)8-11(7-9)18-14(15)13(16-17-18)12-4-3-5-19-12/h3-8H,15H2,1-2H3. The molecule has 2 heterocycles. The number of benzene rings is 1. The fourth-order valence-electron chi connectivity index (χ4n) is 2.14. The van der Waals surface area contributed by atoms with E-state index in [0.717, 1.165) is 16.8 Å². The summed E-state index contributed by atoms with van der Waals surface area (Å²) in [4.78, 5) is 0. The zero-order chi connectivity index (χ0) is 13.4. The molecule has 0 aliphatic heterocycles. The summed E-state index contributed by atoms with van der Waals surface area (Å²) < 4.78 is 6.92. The summed E-state index contributed by atoms with van der Waals surface area (Å²) in [5, 5.41) is 8.19. The van der Waals surface area contributed by atoms with Gasteiger partial charge in [-0.3, -0.25) is 0 Å². The Labute approximate surface area is 110 Å². The van der Waals surface area contributed by atoms with Crippen LogP contribution in [0.1, 0.15) is 11.1 Å². The fraction of sp³-hybridized carbons (Fsp3) is 0.143. The zero-order valence-corrected chi connectivity index (χ0v) is 10.8. The monoisotopic (exact) mass is 254 g/mol. The molecule has 0 bridgehead atoms. The topological polar surface area (TPSA) is 69.9 Å². The molecule has 5 nitrogen and oxygen atoms in total. The Morgan fingerprint density at radius 3 is 2.53 bits per heavy atom. The van der Waals surface area contributed by atoms with E-state index in [-0.39, 0.29) is 0 Å². The second-order valence-corrected chi connectivity index (χ2v) is 4.56. The molecule has 3 rings (SSSR count). The third-order valence-electron chi connectivity index (χ3n) is 2.91. The van der Waals surface area contributed by atoms with Crippen LogP contribution in [0.4, 0.5) is 5.82 Å². The number of rotatable bonds is 2. The molecule has 5 heteroatoms. The van der Waals surface area contributed by atoms with E-state index in [9.17, 15) is 0 Å². The van der Waals surface area contributed by atoms with Crippen LogP contribution < -0.4 is 5.73 Å². The number of aryl methyl sites for hydroxylation is 2. The van der Waals surface area contributed by atoms with Gasteiger partial charge in [0.15, 0.2) is 17.3 Å². The van der Waals surface area contributed by atoms with E-state index in [2.05, 4.69) is 16.4 Å². The minimum atomic E-state index is 0.472. The molecule has 1 aromatic carbocycles. The number of anilines is 1. The van der Waals surface area contributed by atoms with Gasteiger partial charge in [-0.15, -0.1) is 5.10 Å². The normalized spacial score (nSPS) is 10.8. The van der Waals surface area contributed by atoms with Crippen LogP contribution in [0.15, 0.2) is 41.0 Å².